The predicted molar refractivity (Wildman–Crippen MR) is 143 cm³/mol. The molecule has 196 valence electrons. The second kappa shape index (κ2) is 11.6. The Morgan fingerprint density at radius 3 is 2.49 bits per heavy atom. The van der Waals surface area contributed by atoms with Gasteiger partial charge in [0.25, 0.3) is 5.91 Å². The number of carbonyl (C=O) groups is 1. The molecule has 1 amide bonds. The van der Waals surface area contributed by atoms with Crippen LogP contribution < -0.4 is 14.8 Å². The van der Waals surface area contributed by atoms with E-state index in [1.807, 2.05) is 24.3 Å². The third-order valence-corrected chi connectivity index (χ3v) is 5.92. The van der Waals surface area contributed by atoms with Gasteiger partial charge in [0.2, 0.25) is 0 Å². The number of carbonyl (C=O) groups excluding carboxylic acids is 1. The Kier molecular flexibility index (Phi) is 7.58. The highest BCUT2D eigenvalue weighted by atomic mass is 19.1. The number of nitrogens with zero attached hydrogens (tertiary/aromatic N) is 3. The van der Waals surface area contributed by atoms with Crippen molar-refractivity contribution in [1.29, 1.82) is 0 Å². The fourth-order valence-electron chi connectivity index (χ4n) is 3.95. The minimum Gasteiger partial charge on any atom is -0.497 e. The van der Waals surface area contributed by atoms with Gasteiger partial charge in [-0.15, -0.1) is 5.10 Å². The minimum atomic E-state index is -0.506. The van der Waals surface area contributed by atoms with Crippen LogP contribution in [0, 0.1) is 11.6 Å². The van der Waals surface area contributed by atoms with Gasteiger partial charge >= 0.3 is 6.01 Å². The third-order valence-electron chi connectivity index (χ3n) is 5.92. The van der Waals surface area contributed by atoms with Crippen LogP contribution in [0.2, 0.25) is 0 Å². The molecule has 0 aliphatic carbocycles. The minimum absolute atomic E-state index is 0.0796. The average molecular weight is 527 g/mol. The summed E-state index contributed by atoms with van der Waals surface area (Å²) in [7, 11) is 1.61. The number of anilines is 1. The molecule has 0 fully saturated rings. The molecule has 9 heteroatoms. The number of aromatic nitrogens is 3. The van der Waals surface area contributed by atoms with Crippen LogP contribution in [0.25, 0.3) is 17.1 Å². The maximum atomic E-state index is 14.8. The SMILES string of the molecule is COc1ccc(CCOc2nc(-c3ccccc3F)n(-c3cccc(NC(=O)c4cccc(F)c4)c3)n2)cc1. The summed E-state index contributed by atoms with van der Waals surface area (Å²) in [5, 5.41) is 7.23. The number of hydrogen-bond donors (Lipinski definition) is 1. The molecule has 4 aromatic carbocycles. The van der Waals surface area contributed by atoms with Gasteiger partial charge in [-0.2, -0.15) is 4.98 Å². The van der Waals surface area contributed by atoms with Crippen molar-refractivity contribution < 1.29 is 23.0 Å². The third kappa shape index (κ3) is 6.10. The van der Waals surface area contributed by atoms with Crippen molar-refractivity contribution in [2.75, 3.05) is 19.0 Å². The average Bonchev–Trinajstić information content (AvgIpc) is 3.38. The smallest absolute Gasteiger partial charge is 0.336 e. The normalized spacial score (nSPS) is 10.7. The van der Waals surface area contributed by atoms with Gasteiger partial charge in [-0.25, -0.2) is 13.5 Å². The second-order valence-corrected chi connectivity index (χ2v) is 8.57. The van der Waals surface area contributed by atoms with Gasteiger partial charge in [0.05, 0.1) is 25.0 Å². The van der Waals surface area contributed by atoms with E-state index in [2.05, 4.69) is 15.4 Å². The Morgan fingerprint density at radius 2 is 1.72 bits per heavy atom. The Morgan fingerprint density at radius 1 is 0.923 bits per heavy atom. The fraction of sp³-hybridized carbons (Fsp3) is 0.100. The highest BCUT2D eigenvalue weighted by molar-refractivity contribution is 6.04. The molecule has 0 aliphatic rings. The lowest BCUT2D eigenvalue weighted by atomic mass is 10.1. The Balaban J connectivity index is 1.40. The van der Waals surface area contributed by atoms with Crippen LogP contribution in [0.1, 0.15) is 15.9 Å². The second-order valence-electron chi connectivity index (χ2n) is 8.57. The molecule has 1 aromatic heterocycles. The molecule has 0 radical (unpaired) electrons. The van der Waals surface area contributed by atoms with Crippen molar-refractivity contribution in [3.8, 4) is 28.8 Å². The molecule has 5 aromatic rings. The summed E-state index contributed by atoms with van der Waals surface area (Å²) < 4.78 is 40.8. The highest BCUT2D eigenvalue weighted by Gasteiger charge is 2.18. The van der Waals surface area contributed by atoms with Crippen LogP contribution in [-0.2, 0) is 6.42 Å². The molecule has 0 atom stereocenters. The molecule has 5 rings (SSSR count). The topological polar surface area (TPSA) is 78.3 Å². The summed E-state index contributed by atoms with van der Waals surface area (Å²) in [5.41, 5.74) is 2.43. The largest absolute Gasteiger partial charge is 0.497 e. The first-order chi connectivity index (χ1) is 19.0. The highest BCUT2D eigenvalue weighted by Crippen LogP contribution is 2.27. The molecular weight excluding hydrogens is 502 g/mol. The first kappa shape index (κ1) is 25.6. The summed E-state index contributed by atoms with van der Waals surface area (Å²) in [6, 6.07) is 26.2. The van der Waals surface area contributed by atoms with E-state index in [0.29, 0.717) is 24.4 Å². The van der Waals surface area contributed by atoms with E-state index in [1.54, 1.807) is 49.6 Å². The van der Waals surface area contributed by atoms with E-state index in [0.717, 1.165) is 17.4 Å². The number of benzene rings is 4. The van der Waals surface area contributed by atoms with Gasteiger partial charge in [0.1, 0.15) is 17.4 Å². The van der Waals surface area contributed by atoms with Gasteiger partial charge < -0.3 is 14.8 Å². The number of amides is 1. The Hall–Kier alpha value is -5.05. The van der Waals surface area contributed by atoms with Crippen LogP contribution in [0.4, 0.5) is 14.5 Å². The molecule has 1 heterocycles. The van der Waals surface area contributed by atoms with Crippen molar-refractivity contribution >= 4 is 11.6 Å². The quantitative estimate of drug-likeness (QED) is 0.251. The molecule has 0 saturated carbocycles. The van der Waals surface area contributed by atoms with Gasteiger partial charge in [0, 0.05) is 17.7 Å². The van der Waals surface area contributed by atoms with Crippen LogP contribution in [0.15, 0.2) is 97.1 Å². The van der Waals surface area contributed by atoms with Gasteiger partial charge in [0.15, 0.2) is 5.82 Å². The van der Waals surface area contributed by atoms with Gasteiger partial charge in [-0.3, -0.25) is 4.79 Å². The molecular formula is C30H24F2N4O3. The molecule has 0 bridgehead atoms. The first-order valence-corrected chi connectivity index (χ1v) is 12.2. The molecule has 7 nitrogen and oxygen atoms in total. The number of rotatable bonds is 9. The fourth-order valence-corrected chi connectivity index (χ4v) is 3.95. The van der Waals surface area contributed by atoms with Crippen molar-refractivity contribution in [2.45, 2.75) is 6.42 Å². The van der Waals surface area contributed by atoms with Crippen molar-refractivity contribution in [2.24, 2.45) is 0 Å². The lowest BCUT2D eigenvalue weighted by Crippen LogP contribution is -2.12. The Labute approximate surface area is 223 Å². The zero-order valence-electron chi connectivity index (χ0n) is 21.0. The lowest BCUT2D eigenvalue weighted by molar-refractivity contribution is 0.102. The Bertz CT molecular complexity index is 1600. The van der Waals surface area contributed by atoms with E-state index in [9.17, 15) is 13.6 Å². The van der Waals surface area contributed by atoms with Gasteiger partial charge in [-0.1, -0.05) is 36.4 Å². The van der Waals surface area contributed by atoms with Crippen molar-refractivity contribution in [3.05, 3.63) is 120 Å². The van der Waals surface area contributed by atoms with Crippen LogP contribution in [-0.4, -0.2) is 34.4 Å². The number of nitrogens with one attached hydrogen (secondary N) is 1. The van der Waals surface area contributed by atoms with Crippen LogP contribution >= 0.6 is 0 Å². The van der Waals surface area contributed by atoms with E-state index in [4.69, 9.17) is 9.47 Å². The van der Waals surface area contributed by atoms with Crippen LogP contribution in [0.5, 0.6) is 11.8 Å². The molecule has 39 heavy (non-hydrogen) atoms. The van der Waals surface area contributed by atoms with Gasteiger partial charge in [-0.05, 0) is 66.2 Å². The molecule has 0 spiro atoms. The maximum absolute atomic E-state index is 14.8. The predicted octanol–water partition coefficient (Wildman–Crippen LogP) is 6.09. The van der Waals surface area contributed by atoms with Crippen LogP contribution in [0.3, 0.4) is 0 Å². The molecule has 1 N–H and O–H groups in total. The summed E-state index contributed by atoms with van der Waals surface area (Å²) in [4.78, 5) is 17.1. The number of hydrogen-bond acceptors (Lipinski definition) is 5. The molecule has 0 saturated heterocycles. The summed E-state index contributed by atoms with van der Waals surface area (Å²) >= 11 is 0. The lowest BCUT2D eigenvalue weighted by Gasteiger charge is -2.10. The number of ether oxygens (including phenoxy) is 2. The molecule has 0 unspecified atom stereocenters. The number of halogens is 2. The monoisotopic (exact) mass is 526 g/mol. The van der Waals surface area contributed by atoms with E-state index < -0.39 is 17.5 Å². The standard InChI is InChI=1S/C30H24F2N4O3/c1-38-25-14-12-20(13-15-25)16-17-39-30-34-28(26-10-2-3-11-27(26)32)36(35-30)24-9-5-8-23(19-24)33-29(37)21-6-4-7-22(31)18-21/h2-15,18-19H,16-17H2,1H3,(H,33,37). The number of methoxy groups -OCH3 is 1. The van der Waals surface area contributed by atoms with E-state index in [-0.39, 0.29) is 23.0 Å². The van der Waals surface area contributed by atoms with E-state index in [1.165, 1.54) is 28.9 Å². The zero-order chi connectivity index (χ0) is 27.2. The van der Waals surface area contributed by atoms with Crippen molar-refractivity contribution in [3.63, 3.8) is 0 Å². The summed E-state index contributed by atoms with van der Waals surface area (Å²) in [6.45, 7) is 0.302. The van der Waals surface area contributed by atoms with Crippen molar-refractivity contribution in [1.82, 2.24) is 14.8 Å². The first-order valence-electron chi connectivity index (χ1n) is 12.2. The summed E-state index contributed by atoms with van der Waals surface area (Å²) in [5.74, 6) is -0.438. The molecule has 0 aliphatic heterocycles. The maximum Gasteiger partial charge on any atom is 0.336 e. The van der Waals surface area contributed by atoms with E-state index >= 15 is 0 Å². The summed E-state index contributed by atoms with van der Waals surface area (Å²) in [6.07, 6.45) is 0.606. The zero-order valence-corrected chi connectivity index (χ0v) is 21.0.